The van der Waals surface area contributed by atoms with Crippen molar-refractivity contribution in [2.24, 2.45) is 10.8 Å². The maximum absolute atomic E-state index is 11.6. The fourth-order valence-corrected chi connectivity index (χ4v) is 3.72. The number of methoxy groups -OCH3 is 1. The van der Waals surface area contributed by atoms with Crippen LogP contribution in [0.1, 0.15) is 52.4 Å². The molecule has 0 aromatic rings. The van der Waals surface area contributed by atoms with Gasteiger partial charge < -0.3 is 4.74 Å². The Morgan fingerprint density at radius 2 is 2.07 bits per heavy atom. The zero-order chi connectivity index (χ0) is 11.1. The summed E-state index contributed by atoms with van der Waals surface area (Å²) >= 11 is 0. The van der Waals surface area contributed by atoms with Gasteiger partial charge in [-0.25, -0.2) is 0 Å². The van der Waals surface area contributed by atoms with E-state index in [4.69, 9.17) is 4.74 Å². The van der Waals surface area contributed by atoms with Crippen molar-refractivity contribution < 1.29 is 9.53 Å². The number of fused-ring (bicyclic) bond motifs is 1. The summed E-state index contributed by atoms with van der Waals surface area (Å²) in [7, 11) is 1.82. The molecule has 0 aromatic heterocycles. The van der Waals surface area contributed by atoms with E-state index in [1.165, 1.54) is 12.8 Å². The smallest absolute Gasteiger partial charge is 0.133 e. The Balaban J connectivity index is 2.30. The predicted molar refractivity (Wildman–Crippen MR) is 59.7 cm³/mol. The maximum Gasteiger partial charge on any atom is 0.133 e. The predicted octanol–water partition coefficient (Wildman–Crippen LogP) is 2.95. The van der Waals surface area contributed by atoms with Crippen molar-refractivity contribution >= 4 is 5.78 Å². The molecule has 0 spiro atoms. The van der Waals surface area contributed by atoms with Gasteiger partial charge in [0.25, 0.3) is 0 Å². The molecule has 2 heteroatoms. The average Bonchev–Trinajstić information content (AvgIpc) is 2.18. The van der Waals surface area contributed by atoms with Crippen LogP contribution in [0.2, 0.25) is 0 Å². The molecule has 0 radical (unpaired) electrons. The highest BCUT2D eigenvalue weighted by Gasteiger charge is 2.54. The van der Waals surface area contributed by atoms with Crippen LogP contribution in [0.5, 0.6) is 0 Å². The molecule has 0 aromatic carbocycles. The molecule has 2 fully saturated rings. The van der Waals surface area contributed by atoms with Crippen LogP contribution < -0.4 is 0 Å². The third kappa shape index (κ3) is 1.54. The zero-order valence-corrected chi connectivity index (χ0v) is 10.1. The van der Waals surface area contributed by atoms with Gasteiger partial charge in [-0.2, -0.15) is 0 Å². The van der Waals surface area contributed by atoms with Crippen molar-refractivity contribution in [3.05, 3.63) is 0 Å². The number of carbonyl (C=O) groups excluding carboxylic acids is 1. The lowest BCUT2D eigenvalue weighted by Crippen LogP contribution is -2.53. The SMILES string of the molecule is CO[C@H]1CCC[C@]2(C)CC(=O)CC[C@]12C. The van der Waals surface area contributed by atoms with Crippen molar-refractivity contribution in [1.29, 1.82) is 0 Å². The first kappa shape index (κ1) is 11.1. The molecule has 0 saturated heterocycles. The van der Waals surface area contributed by atoms with Gasteiger partial charge in [0.2, 0.25) is 0 Å². The first-order valence-electron chi connectivity index (χ1n) is 6.06. The van der Waals surface area contributed by atoms with E-state index in [1.807, 2.05) is 7.11 Å². The molecule has 0 heterocycles. The molecule has 2 rings (SSSR count). The van der Waals surface area contributed by atoms with E-state index in [9.17, 15) is 4.79 Å². The minimum Gasteiger partial charge on any atom is -0.381 e. The average molecular weight is 210 g/mol. The highest BCUT2D eigenvalue weighted by atomic mass is 16.5. The van der Waals surface area contributed by atoms with Crippen LogP contribution in [0.4, 0.5) is 0 Å². The second kappa shape index (κ2) is 3.58. The van der Waals surface area contributed by atoms with E-state index < -0.39 is 0 Å². The van der Waals surface area contributed by atoms with E-state index in [2.05, 4.69) is 13.8 Å². The van der Waals surface area contributed by atoms with Gasteiger partial charge in [-0.1, -0.05) is 20.3 Å². The molecule has 2 aliphatic carbocycles. The van der Waals surface area contributed by atoms with Crippen LogP contribution in [0.15, 0.2) is 0 Å². The van der Waals surface area contributed by atoms with Crippen molar-refractivity contribution in [2.45, 2.75) is 58.5 Å². The molecule has 0 amide bonds. The van der Waals surface area contributed by atoms with Crippen molar-refractivity contribution in [3.63, 3.8) is 0 Å². The van der Waals surface area contributed by atoms with E-state index in [0.717, 1.165) is 25.7 Å². The van der Waals surface area contributed by atoms with Crippen LogP contribution >= 0.6 is 0 Å². The molecule has 0 aliphatic heterocycles. The number of ether oxygens (including phenoxy) is 1. The highest BCUT2D eigenvalue weighted by molar-refractivity contribution is 5.80. The van der Waals surface area contributed by atoms with Crippen LogP contribution in [-0.4, -0.2) is 19.0 Å². The normalized spacial score (nSPS) is 46.3. The van der Waals surface area contributed by atoms with Crippen LogP contribution in [0, 0.1) is 10.8 Å². The molecule has 86 valence electrons. The molecule has 2 nitrogen and oxygen atoms in total. The number of hydrogen-bond acceptors (Lipinski definition) is 2. The quantitative estimate of drug-likeness (QED) is 0.665. The van der Waals surface area contributed by atoms with E-state index >= 15 is 0 Å². The molecule has 15 heavy (non-hydrogen) atoms. The molecule has 0 unspecified atom stereocenters. The van der Waals surface area contributed by atoms with Crippen molar-refractivity contribution in [1.82, 2.24) is 0 Å². The molecular formula is C13H22O2. The van der Waals surface area contributed by atoms with Gasteiger partial charge in [-0.05, 0) is 30.1 Å². The Kier molecular flexibility index (Phi) is 2.66. The molecular weight excluding hydrogens is 188 g/mol. The topological polar surface area (TPSA) is 26.3 Å². The monoisotopic (exact) mass is 210 g/mol. The summed E-state index contributed by atoms with van der Waals surface area (Å²) in [4.78, 5) is 11.6. The summed E-state index contributed by atoms with van der Waals surface area (Å²) in [5.41, 5.74) is 0.398. The Bertz CT molecular complexity index is 274. The molecule has 3 atom stereocenters. The fourth-order valence-electron chi connectivity index (χ4n) is 3.72. The Hall–Kier alpha value is -0.370. The Morgan fingerprint density at radius 1 is 1.33 bits per heavy atom. The first-order chi connectivity index (χ1) is 7.02. The van der Waals surface area contributed by atoms with Crippen LogP contribution in [0.25, 0.3) is 0 Å². The summed E-state index contributed by atoms with van der Waals surface area (Å²) in [6, 6.07) is 0. The number of carbonyl (C=O) groups is 1. The van der Waals surface area contributed by atoms with Crippen LogP contribution in [0.3, 0.4) is 0 Å². The molecule has 0 bridgehead atoms. The lowest BCUT2D eigenvalue weighted by atomic mass is 9.50. The Labute approximate surface area is 92.4 Å². The van der Waals surface area contributed by atoms with Crippen molar-refractivity contribution in [3.8, 4) is 0 Å². The minimum absolute atomic E-state index is 0.182. The summed E-state index contributed by atoms with van der Waals surface area (Å²) in [5, 5.41) is 0. The standard InChI is InChI=1S/C13H22O2/c1-12-7-4-5-11(15-3)13(12,2)8-6-10(14)9-12/h11H,4-9H2,1-3H3/t11-,12+,13+/m0/s1. The van der Waals surface area contributed by atoms with E-state index in [-0.39, 0.29) is 10.8 Å². The molecule has 2 aliphatic rings. The van der Waals surface area contributed by atoms with Crippen molar-refractivity contribution in [2.75, 3.05) is 7.11 Å². The van der Waals surface area contributed by atoms with E-state index in [1.54, 1.807) is 0 Å². The number of rotatable bonds is 1. The summed E-state index contributed by atoms with van der Waals surface area (Å²) in [6.45, 7) is 4.61. The van der Waals surface area contributed by atoms with Gasteiger partial charge in [-0.15, -0.1) is 0 Å². The summed E-state index contributed by atoms with van der Waals surface area (Å²) in [5.74, 6) is 0.451. The minimum atomic E-state index is 0.182. The molecule has 2 saturated carbocycles. The third-order valence-corrected chi connectivity index (χ3v) is 5.08. The molecule has 0 N–H and O–H groups in total. The van der Waals surface area contributed by atoms with Gasteiger partial charge in [0.15, 0.2) is 0 Å². The zero-order valence-electron chi connectivity index (χ0n) is 10.1. The third-order valence-electron chi connectivity index (χ3n) is 5.08. The largest absolute Gasteiger partial charge is 0.381 e. The van der Waals surface area contributed by atoms with E-state index in [0.29, 0.717) is 11.9 Å². The lowest BCUT2D eigenvalue weighted by Gasteiger charge is -2.56. The lowest BCUT2D eigenvalue weighted by molar-refractivity contribution is -0.153. The number of Topliss-reactive ketones (excluding diaryl/α,β-unsaturated/α-hetero) is 1. The van der Waals surface area contributed by atoms with Gasteiger partial charge in [0.05, 0.1) is 6.10 Å². The summed E-state index contributed by atoms with van der Waals surface area (Å²) in [6.07, 6.45) is 6.45. The number of hydrogen-bond donors (Lipinski definition) is 0. The summed E-state index contributed by atoms with van der Waals surface area (Å²) < 4.78 is 5.65. The Morgan fingerprint density at radius 3 is 2.73 bits per heavy atom. The van der Waals surface area contributed by atoms with Crippen LogP contribution in [-0.2, 0) is 9.53 Å². The highest BCUT2D eigenvalue weighted by Crippen LogP contribution is 2.58. The van der Waals surface area contributed by atoms with Gasteiger partial charge in [0.1, 0.15) is 5.78 Å². The van der Waals surface area contributed by atoms with Gasteiger partial charge in [-0.3, -0.25) is 4.79 Å². The fraction of sp³-hybridized carbons (Fsp3) is 0.923. The first-order valence-corrected chi connectivity index (χ1v) is 6.06. The maximum atomic E-state index is 11.6. The number of ketones is 1. The second-order valence-electron chi connectivity index (χ2n) is 5.81. The van der Waals surface area contributed by atoms with Gasteiger partial charge in [0, 0.05) is 20.0 Å². The van der Waals surface area contributed by atoms with Gasteiger partial charge >= 0.3 is 0 Å². The second-order valence-corrected chi connectivity index (χ2v) is 5.81.